The van der Waals surface area contributed by atoms with Crippen LogP contribution in [0.3, 0.4) is 0 Å². The van der Waals surface area contributed by atoms with Gasteiger partial charge < -0.3 is 109 Å². The number of rotatable bonds is 14. The molecule has 15 rings (SSSR count). The van der Waals surface area contributed by atoms with Crippen LogP contribution in [0.2, 0.25) is 5.28 Å². The Morgan fingerprint density at radius 1 is 0.482 bits per heavy atom. The Balaban J connectivity index is 0.000000182. The van der Waals surface area contributed by atoms with Crippen molar-refractivity contribution in [3.63, 3.8) is 0 Å². The number of piperidine rings is 2. The number of carbonyl (C=O) groups excluding carboxylic acids is 4. The molecule has 0 unspecified atom stereocenters. The lowest BCUT2D eigenvalue weighted by Gasteiger charge is -2.34. The highest BCUT2D eigenvalue weighted by Crippen LogP contribution is 2.45. The number of methoxy groups -OCH3 is 4. The van der Waals surface area contributed by atoms with Gasteiger partial charge in [0.25, 0.3) is 0 Å². The van der Waals surface area contributed by atoms with Crippen molar-refractivity contribution in [1.82, 2.24) is 59.5 Å². The minimum absolute atomic E-state index is 0.0315. The van der Waals surface area contributed by atoms with Crippen molar-refractivity contribution < 1.29 is 93.4 Å². The number of aromatic nitrogens is 8. The normalized spacial score (nSPS) is 16.4. The largest absolute Gasteiger partial charge is 0.490 e. The van der Waals surface area contributed by atoms with Crippen molar-refractivity contribution in [3.8, 4) is 57.5 Å². The van der Waals surface area contributed by atoms with Gasteiger partial charge in [-0.25, -0.2) is 56.7 Å². The van der Waals surface area contributed by atoms with Gasteiger partial charge in [0.05, 0.1) is 81.0 Å². The fraction of sp³-hybridized carbons (Fsp3) is 0.520. The summed E-state index contributed by atoms with van der Waals surface area (Å²) in [5.41, 5.74) is 20.9. The van der Waals surface area contributed by atoms with Crippen molar-refractivity contribution in [1.29, 1.82) is 0 Å². The number of pyridine rings is 4. The van der Waals surface area contributed by atoms with E-state index in [0.717, 1.165) is 83.1 Å². The molecule has 3 saturated heterocycles. The minimum Gasteiger partial charge on any atom is -0.486 e. The maximum absolute atomic E-state index is 15.1. The molecule has 141 heavy (non-hydrogen) atoms. The molecule has 0 radical (unpaired) electrons. The molecule has 0 bridgehead atoms. The summed E-state index contributed by atoms with van der Waals surface area (Å²) in [5, 5.41) is 2.92. The Kier molecular flexibility index (Phi) is 37.4. The standard InChI is InChI=1S/C31H38F2N6O4.C16H28BNO4.C16H25N3O3.C16H23N3O3.C15H14ClF2N3O.C6H7BrN2O/c1-18(2)39-13-14-42-27-22(32)15-20(16-24(27)39)26-23(33)17-34-29(37-26)36-25-8-7-21(28(35-25)41-6)19-9-11-38(12-10-19)30(40)43-31(3,4)5;1-14(2,3)20-13(19)18-10-8-12(9-11-18)17-21-15(4,5)16(6,7)22-17;2*1-16(2,3)22-15(20)19-9-7-11(8-10-19)12-5-6-13(17)18-14(12)21-4;1-8(2)21-3-4-22-14-10(17)5-9(6-12(14)21)13-11(18)7-19-15(16)20-13;1-10-6-4(7)2-3-5(8)9-6/h7-8,15-19H,9-14H2,1-6H3,(H,34,35,36,37);8H,9-11H2,1-7H3;5-6,11H,7-10H2,1-4H3,(H2,17,18);5-7H,8-10H2,1-4H3,(H2,17,18);5-8H,3-4H2,1-2H3;2-3H,1H3,(H2,8,9). The summed E-state index contributed by atoms with van der Waals surface area (Å²) in [6.07, 6.45) is 9.61. The third kappa shape index (κ3) is 30.7. The lowest BCUT2D eigenvalue weighted by Crippen LogP contribution is -2.41. The third-order valence-corrected chi connectivity index (χ3v) is 24.2. The van der Waals surface area contributed by atoms with Crippen LogP contribution in [0.1, 0.15) is 206 Å². The van der Waals surface area contributed by atoms with Gasteiger partial charge in [0, 0.05) is 92.3 Å². The topological polar surface area (TPSA) is 392 Å². The van der Waals surface area contributed by atoms with E-state index in [1.165, 1.54) is 12.1 Å². The highest BCUT2D eigenvalue weighted by atomic mass is 79.9. The van der Waals surface area contributed by atoms with Gasteiger partial charge in [-0.2, -0.15) is 19.9 Å². The van der Waals surface area contributed by atoms with Gasteiger partial charge in [-0.05, 0) is 300 Å². The molecule has 41 heteroatoms. The number of hydrogen-bond acceptors (Lipinski definition) is 30. The van der Waals surface area contributed by atoms with Crippen LogP contribution < -0.4 is 60.7 Å². The van der Waals surface area contributed by atoms with E-state index in [0.29, 0.717) is 148 Å². The van der Waals surface area contributed by atoms with E-state index in [2.05, 4.69) is 61.1 Å². The van der Waals surface area contributed by atoms with Crippen LogP contribution in [0.15, 0.2) is 107 Å². The molecule has 4 amide bonds. The number of anilines is 7. The molecule has 766 valence electrons. The molecule has 7 aliphatic rings. The lowest BCUT2D eigenvalue weighted by molar-refractivity contribution is 0.00578. The quantitative estimate of drug-likeness (QED) is 0.0340. The van der Waals surface area contributed by atoms with Crippen LogP contribution in [-0.4, -0.2) is 244 Å². The minimum atomic E-state index is -0.684. The Morgan fingerprint density at radius 2 is 0.879 bits per heavy atom. The van der Waals surface area contributed by atoms with Crippen LogP contribution in [0.4, 0.5) is 77.3 Å². The molecule has 13 heterocycles. The zero-order valence-electron chi connectivity index (χ0n) is 85.1. The van der Waals surface area contributed by atoms with Gasteiger partial charge in [0.2, 0.25) is 34.8 Å². The average Bonchev–Trinajstić information content (AvgIpc) is 1.62. The number of halogens is 6. The molecular weight excluding hydrogens is 1910 g/mol. The summed E-state index contributed by atoms with van der Waals surface area (Å²) in [7, 11) is 5.95. The molecule has 8 aromatic rings. The van der Waals surface area contributed by atoms with E-state index < -0.39 is 45.7 Å². The number of ether oxygens (including phenoxy) is 10. The monoisotopic (exact) mass is 2040 g/mol. The number of fused-ring (bicyclic) bond motifs is 2. The number of nitrogens with two attached hydrogens (primary N) is 3. The molecule has 0 aliphatic carbocycles. The summed E-state index contributed by atoms with van der Waals surface area (Å²) in [4.78, 5) is 92.3. The Hall–Kier alpha value is -12.2. The zero-order chi connectivity index (χ0) is 104. The van der Waals surface area contributed by atoms with Crippen molar-refractivity contribution in [3.05, 3.63) is 153 Å². The van der Waals surface area contributed by atoms with Crippen molar-refractivity contribution in [2.75, 3.05) is 139 Å². The van der Waals surface area contributed by atoms with E-state index in [4.69, 9.17) is 85.5 Å². The molecule has 3 fully saturated rings. The molecule has 0 spiro atoms. The number of benzene rings is 2. The summed E-state index contributed by atoms with van der Waals surface area (Å²) < 4.78 is 125. The lowest BCUT2D eigenvalue weighted by atomic mass is 9.75. The Morgan fingerprint density at radius 3 is 1.30 bits per heavy atom. The summed E-state index contributed by atoms with van der Waals surface area (Å²) in [5.74, 6) is 2.22. The molecule has 6 aromatic heterocycles. The number of nitrogen functional groups attached to an aromatic ring is 3. The van der Waals surface area contributed by atoms with Crippen LogP contribution >= 0.6 is 27.5 Å². The van der Waals surface area contributed by atoms with Crippen molar-refractivity contribution in [2.45, 2.75) is 235 Å². The maximum atomic E-state index is 15.1. The fourth-order valence-electron chi connectivity index (χ4n) is 15.8. The summed E-state index contributed by atoms with van der Waals surface area (Å²) in [6, 6.07) is 20.6. The summed E-state index contributed by atoms with van der Waals surface area (Å²) >= 11 is 8.96. The third-order valence-electron chi connectivity index (χ3n) is 23.4. The molecule has 34 nitrogen and oxygen atoms in total. The van der Waals surface area contributed by atoms with Crippen molar-refractivity contribution >= 4 is 105 Å². The van der Waals surface area contributed by atoms with E-state index in [1.54, 1.807) is 90.5 Å². The number of nitrogens with one attached hydrogen (secondary N) is 1. The average molecular weight is 2050 g/mol. The van der Waals surface area contributed by atoms with Gasteiger partial charge in [-0.1, -0.05) is 12.2 Å². The van der Waals surface area contributed by atoms with E-state index >= 15 is 4.39 Å². The SMILES string of the molecule is CC(C)(C)OC(=O)N1CC=C(B2OC(C)(C)C(C)(C)O2)CC1.CC(C)N1CCOc2c(F)cc(-c3nc(Cl)ncc3F)cc21.COc1nc(N)ccc1Br.COc1nc(N)ccc1C1=CCN(C(=O)OC(C)(C)C)CC1.COc1nc(N)ccc1C1CCN(C(=O)OC(C)(C)C)CC1.COc1nc(Nc2ncc(F)c(-c3cc(F)c4c(c3)N(C(C)C)CCO4)n2)ccc1C1CCN(C(=O)OC(C)(C)C)CC1. The number of hydrogen-bond donors (Lipinski definition) is 4. The van der Waals surface area contributed by atoms with E-state index in [9.17, 15) is 32.3 Å². The number of nitrogens with zero attached hydrogens (tertiary/aromatic N) is 14. The van der Waals surface area contributed by atoms with Gasteiger partial charge in [0.15, 0.2) is 34.8 Å². The van der Waals surface area contributed by atoms with Crippen LogP contribution in [-0.2, 0) is 28.3 Å². The van der Waals surface area contributed by atoms with Crippen LogP contribution in [0.5, 0.6) is 35.0 Å². The van der Waals surface area contributed by atoms with Gasteiger partial charge in [-0.15, -0.1) is 0 Å². The molecule has 2 aromatic carbocycles. The van der Waals surface area contributed by atoms with Gasteiger partial charge >= 0.3 is 31.5 Å². The smallest absolute Gasteiger partial charge is 0.486 e. The first-order valence-corrected chi connectivity index (χ1v) is 48.0. The number of carbonyl (C=O) groups is 4. The predicted octanol–water partition coefficient (Wildman–Crippen LogP) is 20.1. The second kappa shape index (κ2) is 47.6. The molecule has 7 N–H and O–H groups in total. The molecule has 7 aliphatic heterocycles. The first-order valence-electron chi connectivity index (χ1n) is 46.9. The maximum Gasteiger partial charge on any atom is 0.490 e. The molecular formula is C100H135BBrClF4N18O16. The highest BCUT2D eigenvalue weighted by molar-refractivity contribution is 9.10. The Bertz CT molecular complexity index is 5740. The van der Waals surface area contributed by atoms with Crippen molar-refractivity contribution in [2.24, 2.45) is 0 Å². The van der Waals surface area contributed by atoms with E-state index in [-0.39, 0.29) is 100 Å². The first kappa shape index (κ1) is 111. The Labute approximate surface area is 837 Å². The highest BCUT2D eigenvalue weighted by Gasteiger charge is 2.53. The predicted molar refractivity (Wildman–Crippen MR) is 540 cm³/mol. The zero-order valence-corrected chi connectivity index (χ0v) is 87.5. The summed E-state index contributed by atoms with van der Waals surface area (Å²) in [6.45, 7) is 45.4. The second-order valence-electron chi connectivity index (χ2n) is 39.8. The molecule has 0 atom stereocenters. The van der Waals surface area contributed by atoms with Crippen LogP contribution in [0, 0.1) is 23.3 Å². The van der Waals surface area contributed by atoms with Gasteiger partial charge in [-0.3, -0.25) is 0 Å². The second-order valence-corrected chi connectivity index (χ2v) is 41.0. The fourth-order valence-corrected chi connectivity index (χ4v) is 16.3. The number of likely N-dealkylation sites (tertiary alicyclic amines) is 2. The molecule has 0 saturated carbocycles. The first-order chi connectivity index (χ1) is 66.1. The van der Waals surface area contributed by atoms with E-state index in [1.807, 2.05) is 179 Å². The number of amides is 4. The van der Waals surface area contributed by atoms with Gasteiger partial charge in [0.1, 0.15) is 70.3 Å². The van der Waals surface area contributed by atoms with Crippen LogP contribution in [0.25, 0.3) is 28.1 Å².